The molecule has 0 fully saturated rings. The van der Waals surface area contributed by atoms with E-state index < -0.39 is 10.0 Å². The average Bonchev–Trinajstić information content (AvgIpc) is 2.63. The molecule has 144 valence electrons. The lowest BCUT2D eigenvalue weighted by molar-refractivity contribution is -0.111. The van der Waals surface area contributed by atoms with Crippen molar-refractivity contribution in [3.8, 4) is 5.75 Å². The molecule has 0 aliphatic heterocycles. The number of aryl methyl sites for hydroxylation is 1. The lowest BCUT2D eigenvalue weighted by atomic mass is 10.1. The first-order valence-corrected chi connectivity index (χ1v) is 9.76. The maximum absolute atomic E-state index is 12.4. The van der Waals surface area contributed by atoms with E-state index in [-0.39, 0.29) is 10.8 Å². The second-order valence-corrected chi connectivity index (χ2v) is 8.45. The normalized spacial score (nSPS) is 11.8. The number of methoxy groups -OCH3 is 1. The highest BCUT2D eigenvalue weighted by Gasteiger charge is 2.19. The Balaban J connectivity index is 2.27. The van der Waals surface area contributed by atoms with E-state index >= 15 is 0 Å². The molecule has 2 aromatic rings. The van der Waals surface area contributed by atoms with Gasteiger partial charge in [-0.1, -0.05) is 12.1 Å². The number of hydrogen-bond donors (Lipinski definition) is 1. The number of anilines is 1. The smallest absolute Gasteiger partial charge is 0.248 e. The molecule has 1 amide bonds. The van der Waals surface area contributed by atoms with Gasteiger partial charge in [-0.25, -0.2) is 12.7 Å². The van der Waals surface area contributed by atoms with Crippen LogP contribution < -0.4 is 10.1 Å². The van der Waals surface area contributed by atoms with E-state index in [1.54, 1.807) is 19.3 Å². The van der Waals surface area contributed by atoms with Crippen molar-refractivity contribution in [2.75, 3.05) is 26.5 Å². The Morgan fingerprint density at radius 3 is 2.48 bits per heavy atom. The Hall–Kier alpha value is -2.64. The van der Waals surface area contributed by atoms with E-state index in [0.717, 1.165) is 21.0 Å². The molecule has 0 bridgehead atoms. The van der Waals surface area contributed by atoms with Crippen molar-refractivity contribution in [1.82, 2.24) is 4.31 Å². The first kappa shape index (κ1) is 20.7. The third kappa shape index (κ3) is 4.96. The summed E-state index contributed by atoms with van der Waals surface area (Å²) in [5.41, 5.74) is 2.89. The van der Waals surface area contributed by atoms with Crippen molar-refractivity contribution >= 4 is 27.7 Å². The highest BCUT2D eigenvalue weighted by molar-refractivity contribution is 7.89. The third-order valence-electron chi connectivity index (χ3n) is 4.20. The van der Waals surface area contributed by atoms with E-state index in [0.29, 0.717) is 11.4 Å². The number of sulfonamides is 1. The maximum Gasteiger partial charge on any atom is 0.248 e. The zero-order chi connectivity index (χ0) is 20.2. The number of benzene rings is 2. The molecule has 0 saturated heterocycles. The van der Waals surface area contributed by atoms with Crippen molar-refractivity contribution in [3.05, 3.63) is 59.2 Å². The summed E-state index contributed by atoms with van der Waals surface area (Å²) < 4.78 is 31.1. The molecule has 0 unspecified atom stereocenters. The fourth-order valence-electron chi connectivity index (χ4n) is 2.41. The molecular weight excluding hydrogens is 364 g/mol. The maximum atomic E-state index is 12.4. The van der Waals surface area contributed by atoms with Gasteiger partial charge in [0, 0.05) is 25.9 Å². The topological polar surface area (TPSA) is 75.7 Å². The van der Waals surface area contributed by atoms with Crippen LogP contribution in [-0.2, 0) is 14.8 Å². The fourth-order valence-corrected chi connectivity index (χ4v) is 3.42. The van der Waals surface area contributed by atoms with Gasteiger partial charge >= 0.3 is 0 Å². The van der Waals surface area contributed by atoms with Gasteiger partial charge in [-0.2, -0.15) is 0 Å². The van der Waals surface area contributed by atoms with Crippen LogP contribution in [0.4, 0.5) is 5.69 Å². The molecule has 6 nitrogen and oxygen atoms in total. The summed E-state index contributed by atoms with van der Waals surface area (Å²) in [5.74, 6) is 0.352. The van der Waals surface area contributed by atoms with Gasteiger partial charge < -0.3 is 10.1 Å². The Labute approximate surface area is 160 Å². The Bertz CT molecular complexity index is 979. The molecule has 2 aromatic carbocycles. The summed E-state index contributed by atoms with van der Waals surface area (Å²) >= 11 is 0. The predicted octanol–water partition coefficient (Wildman–Crippen LogP) is 3.21. The van der Waals surface area contributed by atoms with Crippen LogP contribution in [0.25, 0.3) is 6.08 Å². The van der Waals surface area contributed by atoms with Crippen LogP contribution in [0, 0.1) is 13.8 Å². The first-order valence-electron chi connectivity index (χ1n) is 8.32. The van der Waals surface area contributed by atoms with Crippen LogP contribution >= 0.6 is 0 Å². The monoisotopic (exact) mass is 388 g/mol. The number of nitrogens with zero attached hydrogens (tertiary/aromatic N) is 1. The van der Waals surface area contributed by atoms with Crippen molar-refractivity contribution in [3.63, 3.8) is 0 Å². The Kier molecular flexibility index (Phi) is 6.41. The lowest BCUT2D eigenvalue weighted by Crippen LogP contribution is -2.22. The summed E-state index contributed by atoms with van der Waals surface area (Å²) in [6, 6.07) is 10.4. The third-order valence-corrected chi connectivity index (χ3v) is 5.99. The van der Waals surface area contributed by atoms with Crippen LogP contribution in [0.5, 0.6) is 5.75 Å². The minimum atomic E-state index is -3.59. The summed E-state index contributed by atoms with van der Waals surface area (Å²) in [5, 5.41) is 2.76. The number of nitrogens with one attached hydrogen (secondary N) is 1. The highest BCUT2D eigenvalue weighted by Crippen LogP contribution is 2.25. The molecule has 0 spiro atoms. The van der Waals surface area contributed by atoms with Gasteiger partial charge in [-0.3, -0.25) is 4.79 Å². The van der Waals surface area contributed by atoms with Gasteiger partial charge in [0.2, 0.25) is 15.9 Å². The minimum absolute atomic E-state index is 0.141. The molecule has 0 atom stereocenters. The van der Waals surface area contributed by atoms with Crippen molar-refractivity contribution in [1.29, 1.82) is 0 Å². The SMILES string of the molecule is COc1cccc(/C=C/C(=O)Nc2cc(S(=O)(=O)N(C)C)cc(C)c2C)c1. The highest BCUT2D eigenvalue weighted by atomic mass is 32.2. The Morgan fingerprint density at radius 1 is 1.15 bits per heavy atom. The molecule has 0 aliphatic rings. The standard InChI is InChI=1S/C20H24N2O4S/c1-14-11-18(27(24,25)22(3)4)13-19(15(14)2)21-20(23)10-9-16-7-6-8-17(12-16)26-5/h6-13H,1-5H3,(H,21,23)/b10-9+. The molecule has 27 heavy (non-hydrogen) atoms. The summed E-state index contributed by atoms with van der Waals surface area (Å²) in [4.78, 5) is 12.5. The number of ether oxygens (including phenoxy) is 1. The quantitative estimate of drug-likeness (QED) is 0.771. The molecule has 0 radical (unpaired) electrons. The fraction of sp³-hybridized carbons (Fsp3) is 0.250. The summed E-state index contributed by atoms with van der Waals surface area (Å²) in [6.07, 6.45) is 3.07. The molecular formula is C20H24N2O4S. The van der Waals surface area contributed by atoms with Crippen LogP contribution in [0.3, 0.4) is 0 Å². The van der Waals surface area contributed by atoms with Crippen molar-refractivity contribution in [2.24, 2.45) is 0 Å². The number of carbonyl (C=O) groups excluding carboxylic acids is 1. The number of amides is 1. The van der Waals surface area contributed by atoms with Crippen LogP contribution in [0.2, 0.25) is 0 Å². The van der Waals surface area contributed by atoms with Gasteiger partial charge in [0.25, 0.3) is 0 Å². The van der Waals surface area contributed by atoms with E-state index in [9.17, 15) is 13.2 Å². The second kappa shape index (κ2) is 8.37. The van der Waals surface area contributed by atoms with Gasteiger partial charge in [-0.05, 0) is 60.9 Å². The second-order valence-electron chi connectivity index (χ2n) is 6.30. The van der Waals surface area contributed by atoms with E-state index in [1.807, 2.05) is 38.1 Å². The Morgan fingerprint density at radius 2 is 1.85 bits per heavy atom. The summed E-state index contributed by atoms with van der Waals surface area (Å²) in [6.45, 7) is 3.65. The van der Waals surface area contributed by atoms with Gasteiger partial charge in [0.05, 0.1) is 12.0 Å². The zero-order valence-corrected chi connectivity index (χ0v) is 16.9. The number of hydrogen-bond acceptors (Lipinski definition) is 4. The van der Waals surface area contributed by atoms with Gasteiger partial charge in [0.15, 0.2) is 0 Å². The zero-order valence-electron chi connectivity index (χ0n) is 16.1. The molecule has 0 aliphatic carbocycles. The minimum Gasteiger partial charge on any atom is -0.497 e. The average molecular weight is 388 g/mol. The van der Waals surface area contributed by atoms with Crippen molar-refractivity contribution < 1.29 is 17.9 Å². The van der Waals surface area contributed by atoms with Crippen LogP contribution in [-0.4, -0.2) is 39.8 Å². The largest absolute Gasteiger partial charge is 0.497 e. The van der Waals surface area contributed by atoms with Crippen molar-refractivity contribution in [2.45, 2.75) is 18.7 Å². The molecule has 1 N–H and O–H groups in total. The van der Waals surface area contributed by atoms with Gasteiger partial charge in [-0.15, -0.1) is 0 Å². The number of rotatable bonds is 6. The lowest BCUT2D eigenvalue weighted by Gasteiger charge is -2.16. The molecule has 0 saturated carbocycles. The molecule has 0 aromatic heterocycles. The van der Waals surface area contributed by atoms with Crippen LogP contribution in [0.15, 0.2) is 47.4 Å². The molecule has 7 heteroatoms. The summed E-state index contributed by atoms with van der Waals surface area (Å²) in [7, 11) is 0.935. The predicted molar refractivity (Wildman–Crippen MR) is 107 cm³/mol. The van der Waals surface area contributed by atoms with E-state index in [4.69, 9.17) is 4.74 Å². The van der Waals surface area contributed by atoms with E-state index in [2.05, 4.69) is 5.32 Å². The van der Waals surface area contributed by atoms with E-state index in [1.165, 1.54) is 26.2 Å². The molecule has 2 rings (SSSR count). The molecule has 0 heterocycles. The van der Waals surface area contributed by atoms with Gasteiger partial charge in [0.1, 0.15) is 5.75 Å². The first-order chi connectivity index (χ1) is 12.6. The number of carbonyl (C=O) groups is 1. The van der Waals surface area contributed by atoms with Crippen LogP contribution in [0.1, 0.15) is 16.7 Å².